The van der Waals surface area contributed by atoms with Crippen LogP contribution in [0.1, 0.15) is 13.3 Å². The number of nitrogens with zero attached hydrogens (tertiary/aromatic N) is 1. The Morgan fingerprint density at radius 2 is 2.10 bits per heavy atom. The van der Waals surface area contributed by atoms with Crippen molar-refractivity contribution in [2.24, 2.45) is 0 Å². The molecule has 0 bridgehead atoms. The Bertz CT molecular complexity index is 585. The SMILES string of the molecule is CC(O)S(=O)(=O)c1cc([N+](=O)[O-])ccc1NCCCO. The zero-order valence-electron chi connectivity index (χ0n) is 10.8. The monoisotopic (exact) mass is 304 g/mol. The molecular formula is C11H16N2O6S. The van der Waals surface area contributed by atoms with Crippen molar-refractivity contribution >= 4 is 21.2 Å². The quantitative estimate of drug-likeness (QED) is 0.380. The Kier molecular flexibility index (Phi) is 5.43. The molecule has 0 heterocycles. The van der Waals surface area contributed by atoms with Crippen LogP contribution in [0.3, 0.4) is 0 Å². The van der Waals surface area contributed by atoms with Crippen LogP contribution >= 0.6 is 0 Å². The predicted octanol–water partition coefficient (Wildman–Crippen LogP) is 0.501. The van der Waals surface area contributed by atoms with Gasteiger partial charge in [-0.3, -0.25) is 10.1 Å². The van der Waals surface area contributed by atoms with E-state index in [9.17, 15) is 23.6 Å². The van der Waals surface area contributed by atoms with Gasteiger partial charge in [0.15, 0.2) is 5.44 Å². The number of hydrogen-bond acceptors (Lipinski definition) is 7. The van der Waals surface area contributed by atoms with Gasteiger partial charge in [-0.1, -0.05) is 0 Å². The smallest absolute Gasteiger partial charge is 0.270 e. The lowest BCUT2D eigenvalue weighted by molar-refractivity contribution is -0.385. The van der Waals surface area contributed by atoms with Gasteiger partial charge in [0, 0.05) is 25.3 Å². The van der Waals surface area contributed by atoms with Gasteiger partial charge in [0.05, 0.1) is 15.5 Å². The van der Waals surface area contributed by atoms with Crippen LogP contribution in [0, 0.1) is 10.1 Å². The molecule has 0 fully saturated rings. The Morgan fingerprint density at radius 3 is 2.60 bits per heavy atom. The summed E-state index contributed by atoms with van der Waals surface area (Å²) in [6, 6.07) is 3.34. The van der Waals surface area contributed by atoms with Crippen molar-refractivity contribution in [3.63, 3.8) is 0 Å². The third-order valence-corrected chi connectivity index (χ3v) is 4.43. The molecule has 9 heteroatoms. The Labute approximate surface area is 116 Å². The van der Waals surface area contributed by atoms with E-state index >= 15 is 0 Å². The molecule has 1 rings (SSSR count). The second kappa shape index (κ2) is 6.64. The first-order valence-corrected chi connectivity index (χ1v) is 7.40. The summed E-state index contributed by atoms with van der Waals surface area (Å²) in [5.41, 5.74) is -1.90. The molecule has 0 aliphatic carbocycles. The standard InChI is InChI=1S/C11H16N2O6S/c1-8(15)20(18,19)11-7-9(13(16)17)3-4-10(11)12-5-2-6-14/h3-4,7-8,12,14-15H,2,5-6H2,1H3. The molecule has 0 aliphatic heterocycles. The molecule has 112 valence electrons. The number of sulfone groups is 1. The number of hydrogen-bond donors (Lipinski definition) is 3. The highest BCUT2D eigenvalue weighted by atomic mass is 32.2. The minimum Gasteiger partial charge on any atom is -0.396 e. The average Bonchev–Trinajstić information content (AvgIpc) is 2.38. The van der Waals surface area contributed by atoms with Crippen molar-refractivity contribution in [3.05, 3.63) is 28.3 Å². The molecule has 1 aromatic rings. The highest BCUT2D eigenvalue weighted by Crippen LogP contribution is 2.28. The van der Waals surface area contributed by atoms with E-state index in [2.05, 4.69) is 5.32 Å². The second-order valence-electron chi connectivity index (χ2n) is 4.09. The number of aliphatic hydroxyl groups is 2. The second-order valence-corrected chi connectivity index (χ2v) is 6.30. The Hall–Kier alpha value is -1.71. The Balaban J connectivity index is 3.27. The van der Waals surface area contributed by atoms with Crippen molar-refractivity contribution in [1.82, 2.24) is 0 Å². The van der Waals surface area contributed by atoms with Gasteiger partial charge >= 0.3 is 0 Å². The summed E-state index contributed by atoms with van der Waals surface area (Å²) in [6.07, 6.45) is 0.394. The predicted molar refractivity (Wildman–Crippen MR) is 72.2 cm³/mol. The van der Waals surface area contributed by atoms with E-state index in [1.807, 2.05) is 0 Å². The topological polar surface area (TPSA) is 130 Å². The van der Waals surface area contributed by atoms with Crippen LogP contribution in [0.2, 0.25) is 0 Å². The van der Waals surface area contributed by atoms with Crippen molar-refractivity contribution < 1.29 is 23.6 Å². The van der Waals surface area contributed by atoms with E-state index in [0.717, 1.165) is 13.0 Å². The highest BCUT2D eigenvalue weighted by Gasteiger charge is 2.26. The van der Waals surface area contributed by atoms with Crippen molar-refractivity contribution in [2.45, 2.75) is 23.7 Å². The summed E-state index contributed by atoms with van der Waals surface area (Å²) in [5, 5.41) is 31.5. The van der Waals surface area contributed by atoms with E-state index < -0.39 is 20.2 Å². The lowest BCUT2D eigenvalue weighted by Gasteiger charge is -2.13. The molecule has 0 aromatic heterocycles. The van der Waals surface area contributed by atoms with E-state index in [4.69, 9.17) is 5.11 Å². The molecule has 0 saturated heterocycles. The maximum absolute atomic E-state index is 12.0. The first-order chi connectivity index (χ1) is 9.30. The molecule has 1 atom stereocenters. The van der Waals surface area contributed by atoms with Crippen molar-refractivity contribution in [1.29, 1.82) is 0 Å². The van der Waals surface area contributed by atoms with Gasteiger partial charge in [0.25, 0.3) is 5.69 Å². The maximum Gasteiger partial charge on any atom is 0.270 e. The van der Waals surface area contributed by atoms with Gasteiger partial charge in [0.1, 0.15) is 0 Å². The minimum absolute atomic E-state index is 0.0710. The summed E-state index contributed by atoms with van der Waals surface area (Å²) in [6.45, 7) is 1.31. The number of non-ortho nitro benzene ring substituents is 1. The van der Waals surface area contributed by atoms with Crippen LogP contribution in [-0.2, 0) is 9.84 Å². The van der Waals surface area contributed by atoms with Crippen LogP contribution in [0.25, 0.3) is 0 Å². The summed E-state index contributed by atoms with van der Waals surface area (Å²) >= 11 is 0. The first-order valence-electron chi connectivity index (χ1n) is 5.86. The number of anilines is 1. The fraction of sp³-hybridized carbons (Fsp3) is 0.455. The van der Waals surface area contributed by atoms with E-state index in [0.29, 0.717) is 13.0 Å². The third-order valence-electron chi connectivity index (χ3n) is 2.58. The van der Waals surface area contributed by atoms with Crippen LogP contribution in [0.15, 0.2) is 23.1 Å². The molecule has 20 heavy (non-hydrogen) atoms. The van der Waals surface area contributed by atoms with E-state index in [-0.39, 0.29) is 22.9 Å². The van der Waals surface area contributed by atoms with Gasteiger partial charge in [-0.05, 0) is 19.4 Å². The third kappa shape index (κ3) is 3.65. The summed E-state index contributed by atoms with van der Waals surface area (Å²) in [5.74, 6) is 0. The molecule has 8 nitrogen and oxygen atoms in total. The summed E-state index contributed by atoms with van der Waals surface area (Å²) in [7, 11) is -4.07. The van der Waals surface area contributed by atoms with Crippen LogP contribution in [0.4, 0.5) is 11.4 Å². The van der Waals surface area contributed by atoms with Gasteiger partial charge in [0.2, 0.25) is 9.84 Å². The molecular weight excluding hydrogens is 288 g/mol. The largest absolute Gasteiger partial charge is 0.396 e. The molecule has 0 amide bonds. The van der Waals surface area contributed by atoms with Gasteiger partial charge < -0.3 is 15.5 Å². The number of nitro groups is 1. The Morgan fingerprint density at radius 1 is 1.45 bits per heavy atom. The van der Waals surface area contributed by atoms with Crippen LogP contribution < -0.4 is 5.32 Å². The summed E-state index contributed by atoms with van der Waals surface area (Å²) < 4.78 is 24.0. The van der Waals surface area contributed by atoms with Gasteiger partial charge in [-0.25, -0.2) is 8.42 Å². The lowest BCUT2D eigenvalue weighted by atomic mass is 10.2. The number of nitrogens with one attached hydrogen (secondary N) is 1. The maximum atomic E-state index is 12.0. The molecule has 0 spiro atoms. The molecule has 1 aromatic carbocycles. The van der Waals surface area contributed by atoms with Crippen LogP contribution in [0.5, 0.6) is 0 Å². The highest BCUT2D eigenvalue weighted by molar-refractivity contribution is 7.92. The first kappa shape index (κ1) is 16.3. The van der Waals surface area contributed by atoms with E-state index in [1.165, 1.54) is 12.1 Å². The molecule has 0 aliphatic rings. The molecule has 0 saturated carbocycles. The zero-order valence-corrected chi connectivity index (χ0v) is 11.6. The summed E-state index contributed by atoms with van der Waals surface area (Å²) in [4.78, 5) is 9.67. The van der Waals surface area contributed by atoms with Gasteiger partial charge in [-0.2, -0.15) is 0 Å². The van der Waals surface area contributed by atoms with Crippen molar-refractivity contribution in [3.8, 4) is 0 Å². The fourth-order valence-electron chi connectivity index (χ4n) is 1.49. The number of rotatable bonds is 7. The molecule has 1 unspecified atom stereocenters. The number of aliphatic hydroxyl groups excluding tert-OH is 2. The van der Waals surface area contributed by atoms with Crippen molar-refractivity contribution in [2.75, 3.05) is 18.5 Å². The minimum atomic E-state index is -4.07. The van der Waals surface area contributed by atoms with Crippen LogP contribution in [-0.4, -0.2) is 42.1 Å². The fourth-order valence-corrected chi connectivity index (χ4v) is 2.59. The normalized spacial score (nSPS) is 12.9. The zero-order chi connectivity index (χ0) is 15.3. The number of benzene rings is 1. The average molecular weight is 304 g/mol. The number of nitro benzene ring substituents is 1. The van der Waals surface area contributed by atoms with Gasteiger partial charge in [-0.15, -0.1) is 0 Å². The molecule has 0 radical (unpaired) electrons. The van der Waals surface area contributed by atoms with E-state index in [1.54, 1.807) is 0 Å². The molecule has 3 N–H and O–H groups in total. The lowest BCUT2D eigenvalue weighted by Crippen LogP contribution is -2.19.